The Morgan fingerprint density at radius 3 is 2.94 bits per heavy atom. The summed E-state index contributed by atoms with van der Waals surface area (Å²) in [5.74, 6) is 0.635. The lowest BCUT2D eigenvalue weighted by molar-refractivity contribution is 0.685. The first-order valence-corrected chi connectivity index (χ1v) is 5.80. The van der Waals surface area contributed by atoms with Crippen LogP contribution < -0.4 is 0 Å². The van der Waals surface area contributed by atoms with Gasteiger partial charge >= 0.3 is 0 Å². The maximum atomic E-state index is 8.72. The third kappa shape index (κ3) is 1.40. The van der Waals surface area contributed by atoms with E-state index in [0.717, 1.165) is 5.65 Å². The third-order valence-electron chi connectivity index (χ3n) is 3.43. The third-order valence-corrected chi connectivity index (χ3v) is 3.43. The quantitative estimate of drug-likeness (QED) is 0.770. The fourth-order valence-corrected chi connectivity index (χ4v) is 2.58. The Hall–Kier alpha value is -1.76. The summed E-state index contributed by atoms with van der Waals surface area (Å²) < 4.78 is 3.82. The van der Waals surface area contributed by atoms with E-state index in [2.05, 4.69) is 17.2 Å². The second-order valence-corrected chi connectivity index (χ2v) is 4.44. The van der Waals surface area contributed by atoms with E-state index in [9.17, 15) is 0 Å². The first-order valence-electron chi connectivity index (χ1n) is 5.80. The number of imidazole rings is 1. The van der Waals surface area contributed by atoms with Crippen LogP contribution in [0.4, 0.5) is 0 Å². The molecule has 0 spiro atoms. The van der Waals surface area contributed by atoms with Crippen LogP contribution in [0.25, 0.3) is 5.65 Å². The summed E-state index contributed by atoms with van der Waals surface area (Å²) in [6.07, 6.45) is 9.00. The molecule has 0 unspecified atom stereocenters. The number of nitrogens with zero attached hydrogens (tertiary/aromatic N) is 4. The predicted molar refractivity (Wildman–Crippen MR) is 60.0 cm³/mol. The highest BCUT2D eigenvalue weighted by molar-refractivity contribution is 5.42. The van der Waals surface area contributed by atoms with Gasteiger partial charge in [-0.05, 0) is 12.8 Å². The molecule has 1 aliphatic carbocycles. The maximum Gasteiger partial charge on any atom is 0.136 e. The van der Waals surface area contributed by atoms with Gasteiger partial charge in [-0.2, -0.15) is 10.4 Å². The summed E-state index contributed by atoms with van der Waals surface area (Å²) in [5.41, 5.74) is 2.23. The molecule has 0 saturated heterocycles. The Kier molecular flexibility index (Phi) is 2.17. The minimum Gasteiger partial charge on any atom is -0.318 e. The van der Waals surface area contributed by atoms with Crippen molar-refractivity contribution >= 4 is 5.65 Å². The molecule has 2 aromatic heterocycles. The van der Waals surface area contributed by atoms with Gasteiger partial charge in [-0.25, -0.2) is 4.52 Å². The highest BCUT2D eigenvalue weighted by atomic mass is 15.3. The minimum atomic E-state index is 0.395. The van der Waals surface area contributed by atoms with E-state index in [-0.39, 0.29) is 0 Å². The van der Waals surface area contributed by atoms with Crippen molar-refractivity contribution in [1.82, 2.24) is 14.2 Å². The van der Waals surface area contributed by atoms with Crippen molar-refractivity contribution in [2.45, 2.75) is 38.1 Å². The lowest BCUT2D eigenvalue weighted by Crippen LogP contribution is -1.93. The second kappa shape index (κ2) is 3.67. The number of nitriles is 1. The van der Waals surface area contributed by atoms with Gasteiger partial charge in [0.2, 0.25) is 0 Å². The number of hydrogen-bond donors (Lipinski definition) is 0. The molecular formula is C12H14N4. The molecule has 1 aliphatic rings. The molecule has 0 aliphatic heterocycles. The normalized spacial score (nSPS) is 16.9. The average Bonchev–Trinajstić information content (AvgIpc) is 2.93. The van der Waals surface area contributed by atoms with Gasteiger partial charge < -0.3 is 4.57 Å². The van der Waals surface area contributed by atoms with Crippen molar-refractivity contribution in [3.63, 3.8) is 0 Å². The Morgan fingerprint density at radius 1 is 1.38 bits per heavy atom. The van der Waals surface area contributed by atoms with Crippen LogP contribution in [-0.2, 0) is 6.54 Å². The van der Waals surface area contributed by atoms with Crippen LogP contribution in [0.3, 0.4) is 0 Å². The van der Waals surface area contributed by atoms with Crippen LogP contribution in [0.1, 0.15) is 37.3 Å². The lowest BCUT2D eigenvalue weighted by atomic mass is 10.1. The molecule has 0 atom stereocenters. The Balaban J connectivity index is 1.99. The van der Waals surface area contributed by atoms with Crippen molar-refractivity contribution in [2.24, 2.45) is 0 Å². The number of rotatable bonds is 2. The van der Waals surface area contributed by atoms with E-state index in [0.29, 0.717) is 12.5 Å². The van der Waals surface area contributed by atoms with Crippen molar-refractivity contribution in [1.29, 1.82) is 5.26 Å². The SMILES string of the molecule is N#CCn1ccn2nc(C3CCCC3)cc12. The first kappa shape index (κ1) is 9.46. The molecule has 4 heteroatoms. The maximum absolute atomic E-state index is 8.72. The zero-order valence-electron chi connectivity index (χ0n) is 9.13. The Bertz CT molecular complexity index is 537. The lowest BCUT2D eigenvalue weighted by Gasteiger charge is -2.02. The van der Waals surface area contributed by atoms with E-state index >= 15 is 0 Å². The minimum absolute atomic E-state index is 0.395. The summed E-state index contributed by atoms with van der Waals surface area (Å²) in [7, 11) is 0. The smallest absolute Gasteiger partial charge is 0.136 e. The molecule has 3 rings (SSSR count). The molecule has 0 radical (unpaired) electrons. The van der Waals surface area contributed by atoms with Crippen LogP contribution >= 0.6 is 0 Å². The highest BCUT2D eigenvalue weighted by Gasteiger charge is 2.20. The summed E-state index contributed by atoms with van der Waals surface area (Å²) in [6.45, 7) is 0.395. The summed E-state index contributed by atoms with van der Waals surface area (Å²) >= 11 is 0. The predicted octanol–water partition coefficient (Wildman–Crippen LogP) is 2.32. The van der Waals surface area contributed by atoms with E-state index in [4.69, 9.17) is 5.26 Å². The molecule has 16 heavy (non-hydrogen) atoms. The highest BCUT2D eigenvalue weighted by Crippen LogP contribution is 2.33. The van der Waals surface area contributed by atoms with Crippen molar-refractivity contribution in [2.75, 3.05) is 0 Å². The number of fused-ring (bicyclic) bond motifs is 1. The van der Waals surface area contributed by atoms with Gasteiger partial charge in [-0.1, -0.05) is 12.8 Å². The van der Waals surface area contributed by atoms with Gasteiger partial charge in [0.15, 0.2) is 0 Å². The molecule has 1 fully saturated rings. The van der Waals surface area contributed by atoms with Gasteiger partial charge in [0.1, 0.15) is 12.2 Å². The van der Waals surface area contributed by atoms with Crippen LogP contribution in [0.5, 0.6) is 0 Å². The molecule has 0 bridgehead atoms. The van der Waals surface area contributed by atoms with Gasteiger partial charge in [-0.15, -0.1) is 0 Å². The zero-order valence-corrected chi connectivity index (χ0v) is 9.13. The fourth-order valence-electron chi connectivity index (χ4n) is 2.58. The molecule has 0 amide bonds. The van der Waals surface area contributed by atoms with Gasteiger partial charge in [0, 0.05) is 24.4 Å². The van der Waals surface area contributed by atoms with Crippen molar-refractivity contribution in [3.8, 4) is 6.07 Å². The topological polar surface area (TPSA) is 46.0 Å². The molecule has 2 aromatic rings. The summed E-state index contributed by atoms with van der Waals surface area (Å²) in [5, 5.41) is 13.3. The van der Waals surface area contributed by atoms with E-state index in [1.807, 2.05) is 21.5 Å². The summed E-state index contributed by atoms with van der Waals surface area (Å²) in [4.78, 5) is 0. The zero-order chi connectivity index (χ0) is 11.0. The largest absolute Gasteiger partial charge is 0.318 e. The van der Waals surface area contributed by atoms with Crippen molar-refractivity contribution in [3.05, 3.63) is 24.2 Å². The van der Waals surface area contributed by atoms with Gasteiger partial charge in [-0.3, -0.25) is 0 Å². The fraction of sp³-hybridized carbons (Fsp3) is 0.500. The van der Waals surface area contributed by atoms with E-state index < -0.39 is 0 Å². The first-order chi connectivity index (χ1) is 7.88. The van der Waals surface area contributed by atoms with Gasteiger partial charge in [0.05, 0.1) is 11.8 Å². The van der Waals surface area contributed by atoms with E-state index in [1.165, 1.54) is 31.4 Å². The van der Waals surface area contributed by atoms with Crippen LogP contribution in [0, 0.1) is 11.3 Å². The van der Waals surface area contributed by atoms with Gasteiger partial charge in [0.25, 0.3) is 0 Å². The molecule has 1 saturated carbocycles. The molecule has 82 valence electrons. The Morgan fingerprint density at radius 2 is 2.19 bits per heavy atom. The van der Waals surface area contributed by atoms with E-state index in [1.54, 1.807) is 0 Å². The molecule has 0 aromatic carbocycles. The molecular weight excluding hydrogens is 200 g/mol. The molecule has 4 nitrogen and oxygen atoms in total. The average molecular weight is 214 g/mol. The van der Waals surface area contributed by atoms with Crippen LogP contribution in [0.15, 0.2) is 18.5 Å². The number of hydrogen-bond acceptors (Lipinski definition) is 2. The molecule has 2 heterocycles. The monoisotopic (exact) mass is 214 g/mol. The molecule has 0 N–H and O–H groups in total. The van der Waals surface area contributed by atoms with Crippen LogP contribution in [0.2, 0.25) is 0 Å². The Labute approximate surface area is 94.1 Å². The standard InChI is InChI=1S/C12H14N4/c13-5-6-15-7-8-16-12(15)9-11(14-16)10-3-1-2-4-10/h7-10H,1-4,6H2. The number of aromatic nitrogens is 3. The summed E-state index contributed by atoms with van der Waals surface area (Å²) in [6, 6.07) is 4.30. The van der Waals surface area contributed by atoms with Crippen molar-refractivity contribution < 1.29 is 0 Å². The van der Waals surface area contributed by atoms with Crippen LogP contribution in [-0.4, -0.2) is 14.2 Å². The second-order valence-electron chi connectivity index (χ2n) is 4.44.